The van der Waals surface area contributed by atoms with Crippen molar-refractivity contribution in [2.75, 3.05) is 7.11 Å². The number of nitrogens with two attached hydrogens (primary N) is 1. The zero-order valence-electron chi connectivity index (χ0n) is 18.6. The summed E-state index contributed by atoms with van der Waals surface area (Å²) in [7, 11) is -2.25. The van der Waals surface area contributed by atoms with Crippen molar-refractivity contribution in [2.24, 2.45) is 5.14 Å². The lowest BCUT2D eigenvalue weighted by Crippen LogP contribution is -2.23. The van der Waals surface area contributed by atoms with Crippen molar-refractivity contribution in [1.82, 2.24) is 10.3 Å². The summed E-state index contributed by atoms with van der Waals surface area (Å²) in [6.07, 6.45) is 1.48. The number of aromatic nitrogens is 1. The van der Waals surface area contributed by atoms with Crippen LogP contribution in [0.1, 0.15) is 41.3 Å². The number of methoxy groups -OCH3 is 1. The molecule has 0 radical (unpaired) electrons. The van der Waals surface area contributed by atoms with Crippen LogP contribution in [0, 0.1) is 0 Å². The van der Waals surface area contributed by atoms with Crippen LogP contribution in [0.4, 0.5) is 0 Å². The number of benzene rings is 2. The molecule has 0 atom stereocenters. The highest BCUT2D eigenvalue weighted by atomic mass is 35.5. The van der Waals surface area contributed by atoms with E-state index in [0.717, 1.165) is 5.56 Å². The first kappa shape index (κ1) is 25.8. The second-order valence-electron chi connectivity index (χ2n) is 7.64. The molecule has 3 N–H and O–H groups in total. The second kappa shape index (κ2) is 10.6. The minimum Gasteiger partial charge on any atom is -0.481 e. The fraction of sp³-hybridized carbons (Fsp3) is 0.217. The third-order valence-electron chi connectivity index (χ3n) is 4.89. The van der Waals surface area contributed by atoms with Crippen LogP contribution in [0.15, 0.2) is 53.6 Å². The van der Waals surface area contributed by atoms with E-state index in [1.807, 2.05) is 13.8 Å². The van der Waals surface area contributed by atoms with Gasteiger partial charge in [-0.1, -0.05) is 49.2 Å². The quantitative estimate of drug-likeness (QED) is 0.433. The van der Waals surface area contributed by atoms with Gasteiger partial charge in [0, 0.05) is 12.1 Å². The molecule has 8 nitrogen and oxygen atoms in total. The molecule has 0 aliphatic carbocycles. The third-order valence-corrected chi connectivity index (χ3v) is 6.49. The zero-order chi connectivity index (χ0) is 25.0. The van der Waals surface area contributed by atoms with Gasteiger partial charge in [-0.15, -0.1) is 0 Å². The van der Waals surface area contributed by atoms with E-state index in [-0.39, 0.29) is 38.7 Å². The van der Waals surface area contributed by atoms with Gasteiger partial charge in [0.15, 0.2) is 5.75 Å². The molecule has 3 rings (SSSR count). The number of rotatable bonds is 8. The van der Waals surface area contributed by atoms with Crippen LogP contribution < -0.4 is 19.9 Å². The smallest absolute Gasteiger partial charge is 0.253 e. The molecule has 1 aromatic heterocycles. The normalized spacial score (nSPS) is 11.4. The maximum absolute atomic E-state index is 12.8. The van der Waals surface area contributed by atoms with E-state index in [2.05, 4.69) is 10.3 Å². The van der Waals surface area contributed by atoms with Crippen molar-refractivity contribution in [3.8, 4) is 17.4 Å². The minimum absolute atomic E-state index is 0.0150. The van der Waals surface area contributed by atoms with Crippen LogP contribution in [0.3, 0.4) is 0 Å². The summed E-state index contributed by atoms with van der Waals surface area (Å²) in [6.45, 7) is 4.13. The van der Waals surface area contributed by atoms with Crippen LogP contribution in [-0.4, -0.2) is 26.4 Å². The van der Waals surface area contributed by atoms with Gasteiger partial charge in [0.1, 0.15) is 5.75 Å². The van der Waals surface area contributed by atoms with Gasteiger partial charge < -0.3 is 14.8 Å². The average molecular weight is 524 g/mol. The Balaban J connectivity index is 1.80. The number of carbonyl (C=O) groups is 1. The summed E-state index contributed by atoms with van der Waals surface area (Å²) in [6, 6.07) is 10.6. The first-order valence-corrected chi connectivity index (χ1v) is 12.4. The van der Waals surface area contributed by atoms with Crippen LogP contribution in [0.5, 0.6) is 17.4 Å². The molecule has 180 valence electrons. The van der Waals surface area contributed by atoms with Gasteiger partial charge in [-0.05, 0) is 41.8 Å². The average Bonchev–Trinajstić information content (AvgIpc) is 2.79. The molecular weight excluding hydrogens is 501 g/mol. The van der Waals surface area contributed by atoms with E-state index in [0.29, 0.717) is 17.2 Å². The van der Waals surface area contributed by atoms with Gasteiger partial charge in [-0.2, -0.15) is 0 Å². The maximum atomic E-state index is 12.8. The molecule has 2 aromatic carbocycles. The molecule has 3 aromatic rings. The van der Waals surface area contributed by atoms with Crippen molar-refractivity contribution in [3.63, 3.8) is 0 Å². The molecule has 0 saturated heterocycles. The van der Waals surface area contributed by atoms with E-state index in [4.69, 9.17) is 37.8 Å². The van der Waals surface area contributed by atoms with Gasteiger partial charge in [-0.25, -0.2) is 18.5 Å². The highest BCUT2D eigenvalue weighted by molar-refractivity contribution is 7.89. The predicted molar refractivity (Wildman–Crippen MR) is 130 cm³/mol. The highest BCUT2D eigenvalue weighted by Crippen LogP contribution is 2.39. The number of amides is 1. The Labute approximate surface area is 208 Å². The monoisotopic (exact) mass is 523 g/mol. The second-order valence-corrected chi connectivity index (χ2v) is 9.98. The van der Waals surface area contributed by atoms with E-state index < -0.39 is 15.9 Å². The summed E-state index contributed by atoms with van der Waals surface area (Å²) in [4.78, 5) is 17.0. The van der Waals surface area contributed by atoms with Crippen LogP contribution in [0.2, 0.25) is 10.0 Å². The van der Waals surface area contributed by atoms with Crippen molar-refractivity contribution in [3.05, 3.63) is 75.4 Å². The number of hydrogen-bond donors (Lipinski definition) is 2. The van der Waals surface area contributed by atoms with Gasteiger partial charge in [-0.3, -0.25) is 4.79 Å². The Morgan fingerprint density at radius 2 is 1.82 bits per heavy atom. The summed E-state index contributed by atoms with van der Waals surface area (Å²) >= 11 is 12.8. The fourth-order valence-corrected chi connectivity index (χ4v) is 4.13. The lowest BCUT2D eigenvalue weighted by molar-refractivity contribution is 0.0950. The van der Waals surface area contributed by atoms with Gasteiger partial charge in [0.05, 0.1) is 33.8 Å². The number of sulfonamides is 1. The Kier molecular flexibility index (Phi) is 8.04. The van der Waals surface area contributed by atoms with Crippen molar-refractivity contribution >= 4 is 39.1 Å². The maximum Gasteiger partial charge on any atom is 0.253 e. The summed E-state index contributed by atoms with van der Waals surface area (Å²) in [5.74, 6) is 0.673. The number of primary sulfonamides is 1. The molecule has 0 aliphatic heterocycles. The van der Waals surface area contributed by atoms with Crippen molar-refractivity contribution in [1.29, 1.82) is 0 Å². The lowest BCUT2D eigenvalue weighted by atomic mass is 10.1. The van der Waals surface area contributed by atoms with Gasteiger partial charge in [0.2, 0.25) is 15.9 Å². The Hall–Kier alpha value is -2.85. The Morgan fingerprint density at radius 1 is 1.15 bits per heavy atom. The number of carbonyl (C=O) groups excluding carboxylic acids is 1. The molecule has 0 fully saturated rings. The summed E-state index contributed by atoms with van der Waals surface area (Å²) < 4.78 is 33.9. The third kappa shape index (κ3) is 5.98. The molecule has 0 spiro atoms. The molecule has 11 heteroatoms. The topological polar surface area (TPSA) is 121 Å². The number of ether oxygens (including phenoxy) is 2. The largest absolute Gasteiger partial charge is 0.481 e. The fourth-order valence-electron chi connectivity index (χ4n) is 3.08. The molecule has 0 aliphatic rings. The molecule has 0 bridgehead atoms. The van der Waals surface area contributed by atoms with Crippen LogP contribution in [-0.2, 0) is 16.6 Å². The van der Waals surface area contributed by atoms with E-state index in [1.165, 1.54) is 30.5 Å². The van der Waals surface area contributed by atoms with Gasteiger partial charge >= 0.3 is 0 Å². The molecule has 0 unspecified atom stereocenters. The first-order chi connectivity index (χ1) is 16.0. The SMILES string of the molecule is COc1ncc(Oc2c(Cl)ccc(C(=O)NCc3ccc(S(N)(=O)=O)cc3)c2Cl)cc1C(C)C. The van der Waals surface area contributed by atoms with Gasteiger partial charge in [0.25, 0.3) is 5.91 Å². The van der Waals surface area contributed by atoms with Crippen LogP contribution >= 0.6 is 23.2 Å². The van der Waals surface area contributed by atoms with E-state index in [9.17, 15) is 13.2 Å². The first-order valence-electron chi connectivity index (χ1n) is 10.1. The number of pyridine rings is 1. The molecule has 1 amide bonds. The Bertz CT molecular complexity index is 1310. The number of nitrogens with one attached hydrogen (secondary N) is 1. The van der Waals surface area contributed by atoms with E-state index in [1.54, 1.807) is 25.3 Å². The predicted octanol–water partition coefficient (Wildman–Crippen LogP) is 4.89. The molecule has 34 heavy (non-hydrogen) atoms. The molecule has 1 heterocycles. The summed E-state index contributed by atoms with van der Waals surface area (Å²) in [5.41, 5.74) is 1.68. The minimum atomic E-state index is -3.79. The molecule has 0 saturated carbocycles. The molecular formula is C23H23Cl2N3O5S. The number of halogens is 2. The lowest BCUT2D eigenvalue weighted by Gasteiger charge is -2.15. The van der Waals surface area contributed by atoms with Crippen molar-refractivity contribution < 1.29 is 22.7 Å². The highest BCUT2D eigenvalue weighted by Gasteiger charge is 2.19. The van der Waals surface area contributed by atoms with Crippen molar-refractivity contribution in [2.45, 2.75) is 31.2 Å². The number of nitrogens with zero attached hydrogens (tertiary/aromatic N) is 1. The summed E-state index contributed by atoms with van der Waals surface area (Å²) in [5, 5.41) is 8.09. The Morgan fingerprint density at radius 3 is 2.41 bits per heavy atom. The number of hydrogen-bond acceptors (Lipinski definition) is 6. The van der Waals surface area contributed by atoms with Crippen LogP contribution in [0.25, 0.3) is 0 Å². The zero-order valence-corrected chi connectivity index (χ0v) is 21.0. The van der Waals surface area contributed by atoms with E-state index >= 15 is 0 Å². The standard InChI is InChI=1S/C23H23Cl2N3O5S/c1-13(2)18-10-15(12-28-23(18)32-3)33-21-19(24)9-8-17(20(21)25)22(29)27-11-14-4-6-16(7-5-14)34(26,30)31/h4-10,12-13H,11H2,1-3H3,(H,27,29)(H2,26,30,31).